The number of aromatic nitrogens is 2. The van der Waals surface area contributed by atoms with E-state index in [2.05, 4.69) is 15.3 Å². The lowest BCUT2D eigenvalue weighted by atomic mass is 10.1. The molecular formula is C15H17ClN4O. The van der Waals surface area contributed by atoms with E-state index in [1.54, 1.807) is 0 Å². The van der Waals surface area contributed by atoms with Crippen molar-refractivity contribution in [3.05, 3.63) is 59.1 Å². The van der Waals surface area contributed by atoms with Crippen LogP contribution in [0.15, 0.2) is 42.9 Å². The summed E-state index contributed by atoms with van der Waals surface area (Å²) < 4.78 is 0. The Kier molecular flexibility index (Phi) is 5.25. The van der Waals surface area contributed by atoms with Crippen molar-refractivity contribution in [3.8, 4) is 0 Å². The third-order valence-corrected chi connectivity index (χ3v) is 3.48. The van der Waals surface area contributed by atoms with E-state index >= 15 is 0 Å². The first-order valence-corrected chi connectivity index (χ1v) is 6.92. The fourth-order valence-electron chi connectivity index (χ4n) is 2.01. The lowest BCUT2D eigenvalue weighted by Crippen LogP contribution is -2.35. The number of nitrogens with zero attached hydrogens (tertiary/aromatic N) is 3. The number of rotatable bonds is 5. The van der Waals surface area contributed by atoms with Gasteiger partial charge in [0.25, 0.3) is 5.91 Å². The minimum Gasteiger partial charge on any atom is -0.349 e. The average molecular weight is 305 g/mol. The summed E-state index contributed by atoms with van der Waals surface area (Å²) >= 11 is 6.23. The van der Waals surface area contributed by atoms with Gasteiger partial charge in [-0.05, 0) is 25.7 Å². The molecule has 1 amide bonds. The van der Waals surface area contributed by atoms with Crippen LogP contribution in [0.5, 0.6) is 0 Å². The summed E-state index contributed by atoms with van der Waals surface area (Å²) in [6, 6.07) is 7.61. The number of carbonyl (C=O) groups excluding carboxylic acids is 1. The second-order valence-corrected chi connectivity index (χ2v) is 5.21. The van der Waals surface area contributed by atoms with Crippen LogP contribution >= 0.6 is 11.6 Å². The molecule has 0 saturated heterocycles. The number of likely N-dealkylation sites (N-methyl/N-ethyl adjacent to an activating group) is 1. The monoisotopic (exact) mass is 304 g/mol. The first-order chi connectivity index (χ1) is 10.1. The molecule has 5 nitrogen and oxygen atoms in total. The summed E-state index contributed by atoms with van der Waals surface area (Å²) in [7, 11) is 3.89. The van der Waals surface area contributed by atoms with Crippen LogP contribution in [0.2, 0.25) is 5.02 Å². The van der Waals surface area contributed by atoms with Crippen LogP contribution in [0.4, 0.5) is 0 Å². The number of nitrogens with one attached hydrogen (secondary N) is 1. The Morgan fingerprint density at radius 3 is 2.71 bits per heavy atom. The quantitative estimate of drug-likeness (QED) is 0.919. The molecule has 0 saturated carbocycles. The summed E-state index contributed by atoms with van der Waals surface area (Å²) in [6.07, 6.45) is 4.46. The molecule has 0 bridgehead atoms. The maximum absolute atomic E-state index is 12.0. The highest BCUT2D eigenvalue weighted by Crippen LogP contribution is 2.25. The van der Waals surface area contributed by atoms with E-state index < -0.39 is 0 Å². The molecule has 0 fully saturated rings. The molecule has 110 valence electrons. The second kappa shape index (κ2) is 7.15. The van der Waals surface area contributed by atoms with Crippen LogP contribution in [-0.4, -0.2) is 41.4 Å². The summed E-state index contributed by atoms with van der Waals surface area (Å²) in [5.74, 6) is -0.248. The Morgan fingerprint density at radius 2 is 2.10 bits per heavy atom. The van der Waals surface area contributed by atoms with E-state index in [1.165, 1.54) is 18.6 Å². The minimum absolute atomic E-state index is 0.0145. The number of carbonyl (C=O) groups is 1. The van der Waals surface area contributed by atoms with Crippen LogP contribution in [-0.2, 0) is 0 Å². The van der Waals surface area contributed by atoms with Crippen molar-refractivity contribution >= 4 is 17.5 Å². The van der Waals surface area contributed by atoms with Gasteiger partial charge in [-0.3, -0.25) is 9.78 Å². The van der Waals surface area contributed by atoms with E-state index in [0.29, 0.717) is 17.3 Å². The predicted molar refractivity (Wildman–Crippen MR) is 82.2 cm³/mol. The highest BCUT2D eigenvalue weighted by molar-refractivity contribution is 6.31. The Balaban J connectivity index is 2.08. The van der Waals surface area contributed by atoms with Gasteiger partial charge in [-0.15, -0.1) is 0 Å². The van der Waals surface area contributed by atoms with Crippen LogP contribution in [0, 0.1) is 0 Å². The van der Waals surface area contributed by atoms with Crippen molar-refractivity contribution in [3.63, 3.8) is 0 Å². The fourth-order valence-corrected chi connectivity index (χ4v) is 2.27. The molecule has 1 unspecified atom stereocenters. The minimum atomic E-state index is -0.248. The number of hydrogen-bond acceptors (Lipinski definition) is 4. The van der Waals surface area contributed by atoms with E-state index in [9.17, 15) is 4.79 Å². The number of halogens is 1. The molecule has 6 heteroatoms. The molecular weight excluding hydrogens is 288 g/mol. The lowest BCUT2D eigenvalue weighted by Gasteiger charge is -2.25. The molecule has 21 heavy (non-hydrogen) atoms. The van der Waals surface area contributed by atoms with Gasteiger partial charge in [-0.25, -0.2) is 4.98 Å². The summed E-state index contributed by atoms with van der Waals surface area (Å²) in [5.41, 5.74) is 1.28. The standard InChI is InChI=1S/C15H17ClN4O/c1-20(2)14(11-5-3-4-6-12(11)16)10-19-15(21)13-9-17-7-8-18-13/h3-9,14H,10H2,1-2H3,(H,19,21). The van der Waals surface area contributed by atoms with E-state index in [-0.39, 0.29) is 11.9 Å². The number of benzene rings is 1. The first kappa shape index (κ1) is 15.4. The molecule has 1 aromatic carbocycles. The average Bonchev–Trinajstić information content (AvgIpc) is 2.49. The molecule has 0 aliphatic carbocycles. The zero-order valence-electron chi connectivity index (χ0n) is 12.0. The van der Waals surface area contributed by atoms with Gasteiger partial charge < -0.3 is 10.2 Å². The van der Waals surface area contributed by atoms with E-state index in [0.717, 1.165) is 5.56 Å². The zero-order valence-corrected chi connectivity index (χ0v) is 12.7. The normalized spacial score (nSPS) is 12.2. The Labute approximate surface area is 129 Å². The molecule has 2 rings (SSSR count). The van der Waals surface area contributed by atoms with Gasteiger partial charge in [0.2, 0.25) is 0 Å². The predicted octanol–water partition coefficient (Wildman–Crippen LogP) is 2.16. The van der Waals surface area contributed by atoms with Crippen molar-refractivity contribution in [2.24, 2.45) is 0 Å². The SMILES string of the molecule is CN(C)C(CNC(=O)c1cnccn1)c1ccccc1Cl. The summed E-state index contributed by atoms with van der Waals surface area (Å²) in [6.45, 7) is 0.437. The maximum atomic E-state index is 12.0. The maximum Gasteiger partial charge on any atom is 0.271 e. The highest BCUT2D eigenvalue weighted by Gasteiger charge is 2.18. The van der Waals surface area contributed by atoms with Crippen molar-refractivity contribution in [1.29, 1.82) is 0 Å². The van der Waals surface area contributed by atoms with Gasteiger partial charge >= 0.3 is 0 Å². The molecule has 0 radical (unpaired) electrons. The third kappa shape index (κ3) is 4.00. The third-order valence-electron chi connectivity index (χ3n) is 3.14. The molecule has 2 aromatic rings. The summed E-state index contributed by atoms with van der Waals surface area (Å²) in [4.78, 5) is 21.9. The molecule has 1 N–H and O–H groups in total. The molecule has 0 aliphatic heterocycles. The van der Waals surface area contributed by atoms with Gasteiger partial charge in [0.15, 0.2) is 0 Å². The van der Waals surface area contributed by atoms with Crippen molar-refractivity contribution in [1.82, 2.24) is 20.2 Å². The Hall–Kier alpha value is -1.98. The molecule has 1 heterocycles. The number of amides is 1. The largest absolute Gasteiger partial charge is 0.349 e. The second-order valence-electron chi connectivity index (χ2n) is 4.80. The molecule has 0 aliphatic rings. The van der Waals surface area contributed by atoms with Crippen molar-refractivity contribution in [2.45, 2.75) is 6.04 Å². The Morgan fingerprint density at radius 1 is 1.33 bits per heavy atom. The highest BCUT2D eigenvalue weighted by atomic mass is 35.5. The molecule has 0 spiro atoms. The van der Waals surface area contributed by atoms with Gasteiger partial charge in [-0.1, -0.05) is 29.8 Å². The van der Waals surface area contributed by atoms with Gasteiger partial charge in [-0.2, -0.15) is 0 Å². The van der Waals surface area contributed by atoms with Crippen molar-refractivity contribution in [2.75, 3.05) is 20.6 Å². The molecule has 1 atom stereocenters. The Bertz CT molecular complexity index is 604. The van der Waals surface area contributed by atoms with Gasteiger partial charge in [0, 0.05) is 24.0 Å². The van der Waals surface area contributed by atoms with Crippen LogP contribution in [0.3, 0.4) is 0 Å². The molecule has 1 aromatic heterocycles. The topological polar surface area (TPSA) is 58.1 Å². The smallest absolute Gasteiger partial charge is 0.271 e. The van der Waals surface area contributed by atoms with Gasteiger partial charge in [0.1, 0.15) is 5.69 Å². The van der Waals surface area contributed by atoms with Crippen LogP contribution in [0.25, 0.3) is 0 Å². The summed E-state index contributed by atoms with van der Waals surface area (Å²) in [5, 5.41) is 3.55. The van der Waals surface area contributed by atoms with Gasteiger partial charge in [0.05, 0.1) is 12.2 Å². The van der Waals surface area contributed by atoms with E-state index in [4.69, 9.17) is 11.6 Å². The van der Waals surface area contributed by atoms with Crippen molar-refractivity contribution < 1.29 is 4.79 Å². The number of hydrogen-bond donors (Lipinski definition) is 1. The van der Waals surface area contributed by atoms with E-state index in [1.807, 2.05) is 43.3 Å². The van der Waals surface area contributed by atoms with Crippen LogP contribution in [0.1, 0.15) is 22.1 Å². The fraction of sp³-hybridized carbons (Fsp3) is 0.267. The first-order valence-electron chi connectivity index (χ1n) is 6.54. The lowest BCUT2D eigenvalue weighted by molar-refractivity contribution is 0.0936. The zero-order chi connectivity index (χ0) is 15.2. The van der Waals surface area contributed by atoms with Crippen LogP contribution < -0.4 is 5.32 Å².